The lowest BCUT2D eigenvalue weighted by atomic mass is 10.3. The quantitative estimate of drug-likeness (QED) is 0.604. The maximum absolute atomic E-state index is 8.46. The van der Waals surface area contributed by atoms with Crippen LogP contribution in [-0.2, 0) is 6.54 Å². The third-order valence-electron chi connectivity index (χ3n) is 1.32. The summed E-state index contributed by atoms with van der Waals surface area (Å²) in [6.45, 7) is 1.52. The van der Waals surface area contributed by atoms with Crippen molar-refractivity contribution in [3.8, 4) is 0 Å². The number of pyridine rings is 1. The molecule has 0 radical (unpaired) electrons. The molecule has 0 saturated heterocycles. The van der Waals surface area contributed by atoms with Gasteiger partial charge in [0.2, 0.25) is 0 Å². The number of nitrogens with zero attached hydrogens (tertiary/aromatic N) is 1. The van der Waals surface area contributed by atoms with E-state index < -0.39 is 0 Å². The van der Waals surface area contributed by atoms with E-state index in [4.69, 9.17) is 5.11 Å². The number of nitrogens with one attached hydrogen (secondary N) is 1. The molecular formula is C8H12N2O. The van der Waals surface area contributed by atoms with E-state index in [0.29, 0.717) is 6.54 Å². The first kappa shape index (κ1) is 8.17. The van der Waals surface area contributed by atoms with Crippen LogP contribution in [0.3, 0.4) is 0 Å². The van der Waals surface area contributed by atoms with E-state index in [9.17, 15) is 0 Å². The molecule has 0 aliphatic carbocycles. The number of hydrogen-bond acceptors (Lipinski definition) is 3. The summed E-state index contributed by atoms with van der Waals surface area (Å²) in [5.41, 5.74) is 1.00. The highest BCUT2D eigenvalue weighted by molar-refractivity contribution is 5.02. The van der Waals surface area contributed by atoms with Crippen LogP contribution in [0.25, 0.3) is 0 Å². The molecule has 0 fully saturated rings. The van der Waals surface area contributed by atoms with Crippen molar-refractivity contribution >= 4 is 0 Å². The highest BCUT2D eigenvalue weighted by Gasteiger charge is 1.89. The fraction of sp³-hybridized carbons (Fsp3) is 0.375. The second kappa shape index (κ2) is 4.82. The third kappa shape index (κ3) is 3.11. The zero-order valence-corrected chi connectivity index (χ0v) is 6.33. The molecule has 1 aromatic heterocycles. The fourth-order valence-corrected chi connectivity index (χ4v) is 0.798. The first-order valence-corrected chi connectivity index (χ1v) is 3.65. The zero-order chi connectivity index (χ0) is 7.94. The van der Waals surface area contributed by atoms with Crippen LogP contribution < -0.4 is 5.32 Å². The standard InChI is InChI=1S/C8H12N2O/c11-6-5-9-7-8-3-1-2-4-10-8/h1-4,9,11H,5-7H2. The van der Waals surface area contributed by atoms with Crippen molar-refractivity contribution < 1.29 is 5.11 Å². The first-order valence-electron chi connectivity index (χ1n) is 3.65. The molecule has 1 aromatic rings. The topological polar surface area (TPSA) is 45.1 Å². The van der Waals surface area contributed by atoms with E-state index in [1.54, 1.807) is 6.20 Å². The van der Waals surface area contributed by atoms with Crippen molar-refractivity contribution in [2.75, 3.05) is 13.2 Å². The third-order valence-corrected chi connectivity index (χ3v) is 1.32. The summed E-state index contributed by atoms with van der Waals surface area (Å²) in [6.07, 6.45) is 1.76. The molecule has 3 heteroatoms. The van der Waals surface area contributed by atoms with Crippen LogP contribution in [0.1, 0.15) is 5.69 Å². The number of aromatic nitrogens is 1. The van der Waals surface area contributed by atoms with Gasteiger partial charge in [-0.05, 0) is 12.1 Å². The van der Waals surface area contributed by atoms with E-state index in [2.05, 4.69) is 10.3 Å². The molecule has 0 aliphatic rings. The number of rotatable bonds is 4. The van der Waals surface area contributed by atoms with Gasteiger partial charge in [-0.15, -0.1) is 0 Å². The Bertz CT molecular complexity index is 189. The summed E-state index contributed by atoms with van der Waals surface area (Å²) in [7, 11) is 0. The minimum absolute atomic E-state index is 0.173. The van der Waals surface area contributed by atoms with Crippen LogP contribution in [0.2, 0.25) is 0 Å². The molecule has 60 valence electrons. The van der Waals surface area contributed by atoms with Crippen molar-refractivity contribution in [3.63, 3.8) is 0 Å². The van der Waals surface area contributed by atoms with Gasteiger partial charge in [-0.2, -0.15) is 0 Å². The first-order chi connectivity index (χ1) is 5.43. The minimum Gasteiger partial charge on any atom is -0.395 e. The molecule has 0 aliphatic heterocycles. The summed E-state index contributed by atoms with van der Waals surface area (Å²) in [6, 6.07) is 5.78. The summed E-state index contributed by atoms with van der Waals surface area (Å²) in [4.78, 5) is 4.11. The van der Waals surface area contributed by atoms with Crippen LogP contribution in [0.5, 0.6) is 0 Å². The molecule has 1 heterocycles. The van der Waals surface area contributed by atoms with Gasteiger partial charge in [0.05, 0.1) is 12.3 Å². The Morgan fingerprint density at radius 1 is 1.45 bits per heavy atom. The van der Waals surface area contributed by atoms with Gasteiger partial charge in [0.15, 0.2) is 0 Å². The van der Waals surface area contributed by atoms with Gasteiger partial charge in [-0.25, -0.2) is 0 Å². The zero-order valence-electron chi connectivity index (χ0n) is 6.33. The van der Waals surface area contributed by atoms with Crippen LogP contribution in [0, 0.1) is 0 Å². The Labute approximate surface area is 66.1 Å². The fourth-order valence-electron chi connectivity index (χ4n) is 0.798. The highest BCUT2D eigenvalue weighted by Crippen LogP contribution is 1.90. The van der Waals surface area contributed by atoms with E-state index >= 15 is 0 Å². The van der Waals surface area contributed by atoms with Crippen molar-refractivity contribution in [2.45, 2.75) is 6.54 Å². The summed E-state index contributed by atoms with van der Waals surface area (Å²) >= 11 is 0. The van der Waals surface area contributed by atoms with Crippen molar-refractivity contribution in [3.05, 3.63) is 30.1 Å². The average molecular weight is 152 g/mol. The Morgan fingerprint density at radius 3 is 3.00 bits per heavy atom. The van der Waals surface area contributed by atoms with Gasteiger partial charge < -0.3 is 10.4 Å². The number of hydrogen-bond donors (Lipinski definition) is 2. The van der Waals surface area contributed by atoms with Gasteiger partial charge >= 0.3 is 0 Å². The molecular weight excluding hydrogens is 140 g/mol. The highest BCUT2D eigenvalue weighted by atomic mass is 16.3. The van der Waals surface area contributed by atoms with Gasteiger partial charge in [0.25, 0.3) is 0 Å². The molecule has 0 aromatic carbocycles. The Balaban J connectivity index is 2.28. The molecule has 1 rings (SSSR count). The lowest BCUT2D eigenvalue weighted by molar-refractivity contribution is 0.291. The molecule has 0 bridgehead atoms. The molecule has 0 unspecified atom stereocenters. The van der Waals surface area contributed by atoms with E-state index in [0.717, 1.165) is 12.2 Å². The monoisotopic (exact) mass is 152 g/mol. The molecule has 0 saturated carbocycles. The van der Waals surface area contributed by atoms with Gasteiger partial charge in [0.1, 0.15) is 0 Å². The summed E-state index contributed by atoms with van der Waals surface area (Å²) < 4.78 is 0. The maximum atomic E-state index is 8.46. The van der Waals surface area contributed by atoms with Gasteiger partial charge in [-0.3, -0.25) is 4.98 Å². The van der Waals surface area contributed by atoms with Crippen molar-refractivity contribution in [1.29, 1.82) is 0 Å². The predicted octanol–water partition coefficient (Wildman–Crippen LogP) is 0.163. The van der Waals surface area contributed by atoms with E-state index in [1.807, 2.05) is 18.2 Å². The normalized spacial score (nSPS) is 9.91. The molecule has 0 amide bonds. The Kier molecular flexibility index (Phi) is 3.58. The summed E-state index contributed by atoms with van der Waals surface area (Å²) in [5, 5.41) is 11.5. The van der Waals surface area contributed by atoms with Crippen LogP contribution in [-0.4, -0.2) is 23.2 Å². The van der Waals surface area contributed by atoms with Crippen molar-refractivity contribution in [2.24, 2.45) is 0 Å². The smallest absolute Gasteiger partial charge is 0.0556 e. The van der Waals surface area contributed by atoms with Gasteiger partial charge in [-0.1, -0.05) is 6.07 Å². The molecule has 11 heavy (non-hydrogen) atoms. The molecule has 0 spiro atoms. The Hall–Kier alpha value is -0.930. The molecule has 2 N–H and O–H groups in total. The minimum atomic E-state index is 0.173. The van der Waals surface area contributed by atoms with Gasteiger partial charge in [0, 0.05) is 19.3 Å². The second-order valence-corrected chi connectivity index (χ2v) is 2.22. The van der Waals surface area contributed by atoms with Crippen LogP contribution >= 0.6 is 0 Å². The average Bonchev–Trinajstić information content (AvgIpc) is 2.07. The molecule has 3 nitrogen and oxygen atoms in total. The lowest BCUT2D eigenvalue weighted by Gasteiger charge is -2.00. The predicted molar refractivity (Wildman–Crippen MR) is 43.0 cm³/mol. The van der Waals surface area contributed by atoms with Crippen LogP contribution in [0.15, 0.2) is 24.4 Å². The number of aliphatic hydroxyl groups excluding tert-OH is 1. The van der Waals surface area contributed by atoms with Crippen molar-refractivity contribution in [1.82, 2.24) is 10.3 Å². The molecule has 0 atom stereocenters. The Morgan fingerprint density at radius 2 is 2.36 bits per heavy atom. The largest absolute Gasteiger partial charge is 0.395 e. The van der Waals surface area contributed by atoms with Crippen LogP contribution in [0.4, 0.5) is 0 Å². The van der Waals surface area contributed by atoms with E-state index in [1.165, 1.54) is 0 Å². The van der Waals surface area contributed by atoms with E-state index in [-0.39, 0.29) is 6.61 Å². The summed E-state index contributed by atoms with van der Waals surface area (Å²) in [5.74, 6) is 0. The SMILES string of the molecule is OCCNCc1ccccn1. The lowest BCUT2D eigenvalue weighted by Crippen LogP contribution is -2.17. The number of aliphatic hydroxyl groups is 1. The maximum Gasteiger partial charge on any atom is 0.0556 e. The second-order valence-electron chi connectivity index (χ2n) is 2.22.